The van der Waals surface area contributed by atoms with Gasteiger partial charge in [-0.25, -0.2) is 4.39 Å². The van der Waals surface area contributed by atoms with E-state index in [4.69, 9.17) is 4.74 Å². The third kappa shape index (κ3) is 6.58. The molecule has 0 fully saturated rings. The Bertz CT molecular complexity index is 383. The van der Waals surface area contributed by atoms with Gasteiger partial charge >= 0.3 is 0 Å². The largest absolute Gasteiger partial charge is 0.379 e. The molecule has 0 bridgehead atoms. The van der Waals surface area contributed by atoms with Crippen molar-refractivity contribution in [1.82, 2.24) is 5.32 Å². The molecule has 0 heterocycles. The normalized spacial score (nSPS) is 14.1. The van der Waals surface area contributed by atoms with Crippen LogP contribution in [-0.2, 0) is 4.74 Å². The summed E-state index contributed by atoms with van der Waals surface area (Å²) in [5.41, 5.74) is 0.695. The fourth-order valence-corrected chi connectivity index (χ4v) is 2.51. The minimum Gasteiger partial charge on any atom is -0.379 e. The second kappa shape index (κ2) is 10.7. The quantitative estimate of drug-likeness (QED) is 0.638. The van der Waals surface area contributed by atoms with Gasteiger partial charge in [-0.3, -0.25) is 0 Å². The highest BCUT2D eigenvalue weighted by Gasteiger charge is 2.15. The number of hydrogen-bond donors (Lipinski definition) is 1. The highest BCUT2D eigenvalue weighted by Crippen LogP contribution is 2.19. The Morgan fingerprint density at radius 1 is 1.14 bits per heavy atom. The monoisotopic (exact) mass is 295 g/mol. The van der Waals surface area contributed by atoms with Gasteiger partial charge in [-0.2, -0.15) is 0 Å². The van der Waals surface area contributed by atoms with Gasteiger partial charge < -0.3 is 10.1 Å². The highest BCUT2D eigenvalue weighted by atomic mass is 19.1. The van der Waals surface area contributed by atoms with Crippen molar-refractivity contribution < 1.29 is 9.13 Å². The molecule has 0 saturated carbocycles. The number of halogens is 1. The van der Waals surface area contributed by atoms with E-state index in [2.05, 4.69) is 19.2 Å². The molecule has 2 atom stereocenters. The number of rotatable bonds is 11. The average molecular weight is 295 g/mol. The lowest BCUT2D eigenvalue weighted by Gasteiger charge is -2.21. The van der Waals surface area contributed by atoms with Crippen molar-refractivity contribution in [3.05, 3.63) is 35.6 Å². The summed E-state index contributed by atoms with van der Waals surface area (Å²) in [5, 5.41) is 3.31. The van der Waals surface area contributed by atoms with E-state index in [1.807, 2.05) is 19.1 Å². The molecule has 1 N–H and O–H groups in total. The zero-order valence-electron chi connectivity index (χ0n) is 13.7. The summed E-state index contributed by atoms with van der Waals surface area (Å²) in [7, 11) is 0. The van der Waals surface area contributed by atoms with E-state index in [1.54, 1.807) is 6.07 Å². The van der Waals surface area contributed by atoms with Crippen LogP contribution in [0.25, 0.3) is 0 Å². The van der Waals surface area contributed by atoms with Crippen LogP contribution in [0.5, 0.6) is 0 Å². The maximum Gasteiger partial charge on any atom is 0.128 e. The third-order valence-electron chi connectivity index (χ3n) is 3.91. The maximum atomic E-state index is 13.9. The van der Waals surface area contributed by atoms with E-state index in [0.717, 1.165) is 19.6 Å². The molecular weight excluding hydrogens is 265 g/mol. The molecule has 1 rings (SSSR count). The second-order valence-electron chi connectivity index (χ2n) is 5.59. The van der Waals surface area contributed by atoms with Crippen LogP contribution in [0.3, 0.4) is 0 Å². The first kappa shape index (κ1) is 18.1. The molecule has 0 aliphatic carbocycles. The molecule has 0 radical (unpaired) electrons. The van der Waals surface area contributed by atoms with E-state index in [9.17, 15) is 4.39 Å². The van der Waals surface area contributed by atoms with E-state index in [0.29, 0.717) is 18.1 Å². The van der Waals surface area contributed by atoms with Crippen LogP contribution in [0.1, 0.15) is 58.1 Å². The fourth-order valence-electron chi connectivity index (χ4n) is 2.51. The lowest BCUT2D eigenvalue weighted by molar-refractivity contribution is 0.0762. The summed E-state index contributed by atoms with van der Waals surface area (Å²) in [6.07, 6.45) is 4.85. The van der Waals surface area contributed by atoms with Crippen molar-refractivity contribution in [2.24, 2.45) is 5.92 Å². The Hall–Kier alpha value is -0.930. The summed E-state index contributed by atoms with van der Waals surface area (Å²) in [5.74, 6) is 0.456. The van der Waals surface area contributed by atoms with Gasteiger partial charge in [0.2, 0.25) is 0 Å². The van der Waals surface area contributed by atoms with Gasteiger partial charge in [0.25, 0.3) is 0 Å². The van der Waals surface area contributed by atoms with Crippen LogP contribution in [0.2, 0.25) is 0 Å². The topological polar surface area (TPSA) is 21.3 Å². The number of likely N-dealkylation sites (N-methyl/N-ethyl adjacent to an activating group) is 1. The molecule has 120 valence electrons. The van der Waals surface area contributed by atoms with E-state index >= 15 is 0 Å². The van der Waals surface area contributed by atoms with Gasteiger partial charge in [-0.15, -0.1) is 0 Å². The van der Waals surface area contributed by atoms with Gasteiger partial charge in [0.05, 0.1) is 12.6 Å². The van der Waals surface area contributed by atoms with Gasteiger partial charge in [0.1, 0.15) is 5.82 Å². The van der Waals surface area contributed by atoms with E-state index in [1.165, 1.54) is 25.3 Å². The zero-order chi connectivity index (χ0) is 15.5. The van der Waals surface area contributed by atoms with Crippen molar-refractivity contribution in [1.29, 1.82) is 0 Å². The lowest BCUT2D eigenvalue weighted by Crippen LogP contribution is -2.27. The molecule has 0 aliphatic heterocycles. The first-order chi connectivity index (χ1) is 10.2. The van der Waals surface area contributed by atoms with Crippen molar-refractivity contribution in [3.63, 3.8) is 0 Å². The van der Waals surface area contributed by atoms with Crippen LogP contribution >= 0.6 is 0 Å². The molecule has 21 heavy (non-hydrogen) atoms. The first-order valence-electron chi connectivity index (χ1n) is 8.28. The van der Waals surface area contributed by atoms with Gasteiger partial charge in [-0.1, -0.05) is 58.2 Å². The Morgan fingerprint density at radius 3 is 2.52 bits per heavy atom. The number of ether oxygens (including phenoxy) is 1. The predicted molar refractivity (Wildman–Crippen MR) is 86.9 cm³/mol. The smallest absolute Gasteiger partial charge is 0.128 e. The van der Waals surface area contributed by atoms with Crippen molar-refractivity contribution in [2.75, 3.05) is 19.8 Å². The Morgan fingerprint density at radius 2 is 1.90 bits per heavy atom. The molecule has 3 heteroatoms. The van der Waals surface area contributed by atoms with Crippen LogP contribution < -0.4 is 5.32 Å². The first-order valence-corrected chi connectivity index (χ1v) is 8.28. The molecule has 0 aliphatic rings. The fraction of sp³-hybridized carbons (Fsp3) is 0.667. The number of benzene rings is 1. The molecule has 2 unspecified atom stereocenters. The van der Waals surface area contributed by atoms with Crippen LogP contribution in [0, 0.1) is 11.7 Å². The summed E-state index contributed by atoms with van der Waals surface area (Å²) < 4.78 is 19.8. The van der Waals surface area contributed by atoms with E-state index in [-0.39, 0.29) is 11.9 Å². The van der Waals surface area contributed by atoms with Crippen molar-refractivity contribution in [2.45, 2.75) is 52.5 Å². The molecule has 1 aromatic carbocycles. The summed E-state index contributed by atoms with van der Waals surface area (Å²) >= 11 is 0. The van der Waals surface area contributed by atoms with Crippen molar-refractivity contribution >= 4 is 0 Å². The van der Waals surface area contributed by atoms with E-state index < -0.39 is 0 Å². The standard InChI is InChI=1S/C18H30FNO/c1-4-7-10-15(5-2)13-21-14-18(20-6-3)16-11-8-9-12-17(16)19/h8-9,11-12,15,18,20H,4-7,10,13-14H2,1-3H3. The number of hydrogen-bond acceptors (Lipinski definition) is 2. The third-order valence-corrected chi connectivity index (χ3v) is 3.91. The Labute approximate surface area is 129 Å². The summed E-state index contributed by atoms with van der Waals surface area (Å²) in [6.45, 7) is 8.55. The van der Waals surface area contributed by atoms with Crippen molar-refractivity contribution in [3.8, 4) is 0 Å². The minimum atomic E-state index is -0.162. The molecule has 0 amide bonds. The molecular formula is C18H30FNO. The minimum absolute atomic E-state index is 0.0696. The van der Waals surface area contributed by atoms with Gasteiger partial charge in [-0.05, 0) is 24.9 Å². The summed E-state index contributed by atoms with van der Waals surface area (Å²) in [6, 6.07) is 6.87. The summed E-state index contributed by atoms with van der Waals surface area (Å²) in [4.78, 5) is 0. The van der Waals surface area contributed by atoms with Crippen LogP contribution in [0.15, 0.2) is 24.3 Å². The molecule has 0 saturated heterocycles. The molecule has 0 spiro atoms. The SMILES string of the molecule is CCCCC(CC)COCC(NCC)c1ccccc1F. The average Bonchev–Trinajstić information content (AvgIpc) is 2.50. The Balaban J connectivity index is 2.50. The van der Waals surface area contributed by atoms with Gasteiger partial charge in [0.15, 0.2) is 0 Å². The van der Waals surface area contributed by atoms with Gasteiger partial charge in [0, 0.05) is 12.2 Å². The maximum absolute atomic E-state index is 13.9. The number of unbranched alkanes of at least 4 members (excludes halogenated alkanes) is 1. The molecule has 1 aromatic rings. The van der Waals surface area contributed by atoms with Crippen LogP contribution in [-0.4, -0.2) is 19.8 Å². The highest BCUT2D eigenvalue weighted by molar-refractivity contribution is 5.21. The molecule has 0 aromatic heterocycles. The second-order valence-corrected chi connectivity index (χ2v) is 5.59. The van der Waals surface area contributed by atoms with Crippen LogP contribution in [0.4, 0.5) is 4.39 Å². The predicted octanol–water partition coefficient (Wildman–Crippen LogP) is 4.71. The Kier molecular flexibility index (Phi) is 9.27. The lowest BCUT2D eigenvalue weighted by atomic mass is 10.0. The zero-order valence-corrected chi connectivity index (χ0v) is 13.7. The number of nitrogens with one attached hydrogen (secondary N) is 1. The molecule has 2 nitrogen and oxygen atoms in total.